The van der Waals surface area contributed by atoms with E-state index in [1.54, 1.807) is 48.5 Å². The van der Waals surface area contributed by atoms with E-state index in [0.717, 1.165) is 11.1 Å². The van der Waals surface area contributed by atoms with Gasteiger partial charge in [0.2, 0.25) is 5.91 Å². The standard InChI is InChI=1S/C23H21N3O3/c1-16-7-5-6-10-19(16)15-21(27)25-26-23(29)18-11-13-20(14-12-18)24-22(28)17-8-3-2-4-9-17/h2-14H,15H2,1H3,(H,24,28)(H,25,27)(H,26,29). The van der Waals surface area contributed by atoms with E-state index in [0.29, 0.717) is 16.8 Å². The molecule has 6 heteroatoms. The van der Waals surface area contributed by atoms with Crippen LogP contribution in [0.15, 0.2) is 78.9 Å². The van der Waals surface area contributed by atoms with Crippen LogP contribution in [0.3, 0.4) is 0 Å². The van der Waals surface area contributed by atoms with Crippen LogP contribution in [-0.4, -0.2) is 17.7 Å². The van der Waals surface area contributed by atoms with Crippen molar-refractivity contribution in [1.29, 1.82) is 0 Å². The topological polar surface area (TPSA) is 87.3 Å². The van der Waals surface area contributed by atoms with E-state index in [1.165, 1.54) is 0 Å². The van der Waals surface area contributed by atoms with Crippen molar-refractivity contribution >= 4 is 23.4 Å². The van der Waals surface area contributed by atoms with Crippen molar-refractivity contribution in [2.45, 2.75) is 13.3 Å². The molecule has 29 heavy (non-hydrogen) atoms. The van der Waals surface area contributed by atoms with E-state index < -0.39 is 5.91 Å². The first kappa shape index (κ1) is 19.8. The van der Waals surface area contributed by atoms with Crippen molar-refractivity contribution in [2.75, 3.05) is 5.32 Å². The molecule has 0 saturated carbocycles. The van der Waals surface area contributed by atoms with Gasteiger partial charge in [-0.1, -0.05) is 42.5 Å². The molecule has 3 amide bonds. The maximum absolute atomic E-state index is 12.2. The van der Waals surface area contributed by atoms with Gasteiger partial charge in [0, 0.05) is 16.8 Å². The Hall–Kier alpha value is -3.93. The lowest BCUT2D eigenvalue weighted by atomic mass is 10.1. The first-order valence-electron chi connectivity index (χ1n) is 9.13. The van der Waals surface area contributed by atoms with Gasteiger partial charge in [0.05, 0.1) is 6.42 Å². The van der Waals surface area contributed by atoms with Crippen LogP contribution in [-0.2, 0) is 11.2 Å². The van der Waals surface area contributed by atoms with Gasteiger partial charge < -0.3 is 5.32 Å². The molecule has 0 radical (unpaired) electrons. The summed E-state index contributed by atoms with van der Waals surface area (Å²) >= 11 is 0. The van der Waals surface area contributed by atoms with Crippen LogP contribution in [0.2, 0.25) is 0 Å². The highest BCUT2D eigenvalue weighted by Crippen LogP contribution is 2.12. The van der Waals surface area contributed by atoms with Crippen molar-refractivity contribution in [3.05, 3.63) is 101 Å². The van der Waals surface area contributed by atoms with Gasteiger partial charge in [-0.2, -0.15) is 0 Å². The molecular weight excluding hydrogens is 366 g/mol. The van der Waals surface area contributed by atoms with Crippen LogP contribution in [0.4, 0.5) is 5.69 Å². The quantitative estimate of drug-likeness (QED) is 0.587. The molecule has 0 spiro atoms. The Morgan fingerprint density at radius 1 is 0.690 bits per heavy atom. The molecule has 3 aromatic carbocycles. The minimum Gasteiger partial charge on any atom is -0.322 e. The number of rotatable bonds is 5. The Labute approximate surface area is 168 Å². The molecule has 0 fully saturated rings. The van der Waals surface area contributed by atoms with Crippen molar-refractivity contribution < 1.29 is 14.4 Å². The number of anilines is 1. The number of carbonyl (C=O) groups is 3. The van der Waals surface area contributed by atoms with Crippen LogP contribution in [0.5, 0.6) is 0 Å². The second kappa shape index (κ2) is 9.32. The van der Waals surface area contributed by atoms with Crippen molar-refractivity contribution in [2.24, 2.45) is 0 Å². The molecule has 0 aromatic heterocycles. The van der Waals surface area contributed by atoms with Crippen molar-refractivity contribution in [3.8, 4) is 0 Å². The van der Waals surface area contributed by atoms with Gasteiger partial charge in [0.1, 0.15) is 0 Å². The molecule has 3 N–H and O–H groups in total. The lowest BCUT2D eigenvalue weighted by Gasteiger charge is -2.10. The smallest absolute Gasteiger partial charge is 0.269 e. The summed E-state index contributed by atoms with van der Waals surface area (Å²) in [6, 6.07) is 22.8. The van der Waals surface area contributed by atoms with Gasteiger partial charge in [-0.05, 0) is 54.4 Å². The molecule has 6 nitrogen and oxygen atoms in total. The highest BCUT2D eigenvalue weighted by molar-refractivity contribution is 6.04. The summed E-state index contributed by atoms with van der Waals surface area (Å²) in [5.41, 5.74) is 8.21. The molecule has 3 aromatic rings. The Balaban J connectivity index is 1.52. The molecule has 0 heterocycles. The third-order valence-electron chi connectivity index (χ3n) is 4.37. The minimum absolute atomic E-state index is 0.178. The molecule has 0 atom stereocenters. The number of benzene rings is 3. The zero-order valence-corrected chi connectivity index (χ0v) is 15.9. The van der Waals surface area contributed by atoms with Gasteiger partial charge in [-0.3, -0.25) is 25.2 Å². The normalized spacial score (nSPS) is 10.1. The average Bonchev–Trinajstić information content (AvgIpc) is 2.75. The van der Waals surface area contributed by atoms with E-state index in [2.05, 4.69) is 16.2 Å². The number of amides is 3. The number of hydrogen-bond donors (Lipinski definition) is 3. The van der Waals surface area contributed by atoms with E-state index in [1.807, 2.05) is 37.3 Å². The molecule has 0 aliphatic rings. The van der Waals surface area contributed by atoms with Gasteiger partial charge in [-0.25, -0.2) is 0 Å². The Morgan fingerprint density at radius 3 is 2.00 bits per heavy atom. The van der Waals surface area contributed by atoms with E-state index in [4.69, 9.17) is 0 Å². The van der Waals surface area contributed by atoms with Crippen LogP contribution in [0.25, 0.3) is 0 Å². The Bertz CT molecular complexity index is 1020. The Morgan fingerprint density at radius 2 is 1.31 bits per heavy atom. The summed E-state index contributed by atoms with van der Waals surface area (Å²) in [6.45, 7) is 1.93. The van der Waals surface area contributed by atoms with Crippen molar-refractivity contribution in [1.82, 2.24) is 10.9 Å². The second-order valence-corrected chi connectivity index (χ2v) is 6.50. The number of hydrogen-bond acceptors (Lipinski definition) is 3. The summed E-state index contributed by atoms with van der Waals surface area (Å²) in [4.78, 5) is 36.4. The number of nitrogens with one attached hydrogen (secondary N) is 3. The van der Waals surface area contributed by atoms with Gasteiger partial charge in [-0.15, -0.1) is 0 Å². The number of aryl methyl sites for hydroxylation is 1. The number of carbonyl (C=O) groups excluding carboxylic acids is 3. The molecule has 146 valence electrons. The summed E-state index contributed by atoms with van der Waals surface area (Å²) in [5, 5.41) is 2.77. The molecule has 0 bridgehead atoms. The predicted octanol–water partition coefficient (Wildman–Crippen LogP) is 3.25. The molecule has 0 saturated heterocycles. The fourth-order valence-corrected chi connectivity index (χ4v) is 2.72. The fraction of sp³-hybridized carbons (Fsp3) is 0.0870. The number of hydrazine groups is 1. The summed E-state index contributed by atoms with van der Waals surface area (Å²) in [5.74, 6) is -0.977. The summed E-state index contributed by atoms with van der Waals surface area (Å²) < 4.78 is 0. The Kier molecular flexibility index (Phi) is 6.37. The van der Waals surface area contributed by atoms with Crippen LogP contribution >= 0.6 is 0 Å². The van der Waals surface area contributed by atoms with Crippen LogP contribution in [0.1, 0.15) is 31.8 Å². The van der Waals surface area contributed by atoms with Crippen molar-refractivity contribution in [3.63, 3.8) is 0 Å². The fourth-order valence-electron chi connectivity index (χ4n) is 2.72. The lowest BCUT2D eigenvalue weighted by molar-refractivity contribution is -0.121. The van der Waals surface area contributed by atoms with Gasteiger partial charge in [0.25, 0.3) is 11.8 Å². The first-order chi connectivity index (χ1) is 14.0. The molecule has 0 unspecified atom stereocenters. The zero-order chi connectivity index (χ0) is 20.6. The highest BCUT2D eigenvalue weighted by atomic mass is 16.2. The minimum atomic E-state index is -0.441. The average molecular weight is 387 g/mol. The SMILES string of the molecule is Cc1ccccc1CC(=O)NNC(=O)c1ccc(NC(=O)c2ccccc2)cc1. The zero-order valence-electron chi connectivity index (χ0n) is 15.9. The van der Waals surface area contributed by atoms with Gasteiger partial charge >= 0.3 is 0 Å². The largest absolute Gasteiger partial charge is 0.322 e. The van der Waals surface area contributed by atoms with E-state index in [9.17, 15) is 14.4 Å². The molecule has 3 rings (SSSR count). The van der Waals surface area contributed by atoms with Crippen LogP contribution < -0.4 is 16.2 Å². The second-order valence-electron chi connectivity index (χ2n) is 6.50. The van der Waals surface area contributed by atoms with E-state index in [-0.39, 0.29) is 18.2 Å². The summed E-state index contributed by atoms with van der Waals surface area (Å²) in [6.07, 6.45) is 0.178. The third kappa shape index (κ3) is 5.52. The predicted molar refractivity (Wildman–Crippen MR) is 111 cm³/mol. The maximum atomic E-state index is 12.2. The monoisotopic (exact) mass is 387 g/mol. The lowest BCUT2D eigenvalue weighted by Crippen LogP contribution is -2.42. The first-order valence-corrected chi connectivity index (χ1v) is 9.13. The van der Waals surface area contributed by atoms with Gasteiger partial charge in [0.15, 0.2) is 0 Å². The maximum Gasteiger partial charge on any atom is 0.269 e. The molecule has 0 aliphatic heterocycles. The molecule has 0 aliphatic carbocycles. The van der Waals surface area contributed by atoms with Crippen LogP contribution in [0, 0.1) is 6.92 Å². The summed E-state index contributed by atoms with van der Waals surface area (Å²) in [7, 11) is 0. The molecular formula is C23H21N3O3. The third-order valence-corrected chi connectivity index (χ3v) is 4.37. The highest BCUT2D eigenvalue weighted by Gasteiger charge is 2.10. The van der Waals surface area contributed by atoms with E-state index >= 15 is 0 Å².